The Morgan fingerprint density at radius 2 is 2.23 bits per heavy atom. The summed E-state index contributed by atoms with van der Waals surface area (Å²) >= 11 is 6.35. The number of H-pyrrole nitrogens is 1. The number of halogens is 1. The van der Waals surface area contributed by atoms with E-state index in [0.717, 1.165) is 35.0 Å². The van der Waals surface area contributed by atoms with Gasteiger partial charge >= 0.3 is 0 Å². The van der Waals surface area contributed by atoms with E-state index in [1.807, 2.05) is 37.3 Å². The number of rotatable bonds is 6. The van der Waals surface area contributed by atoms with Crippen molar-refractivity contribution in [1.29, 1.82) is 0 Å². The molecule has 1 aromatic carbocycles. The zero-order valence-electron chi connectivity index (χ0n) is 14.5. The third-order valence-electron chi connectivity index (χ3n) is 4.83. The number of hydrogen-bond donors (Lipinski definition) is 2. The lowest BCUT2D eigenvalue weighted by Crippen LogP contribution is -2.29. The van der Waals surface area contributed by atoms with Gasteiger partial charge in [0.25, 0.3) is 0 Å². The second-order valence-corrected chi connectivity index (χ2v) is 7.46. The Hall–Kier alpha value is -2.53. The number of nitrogens with zero attached hydrogens (tertiary/aromatic N) is 1. The van der Waals surface area contributed by atoms with E-state index < -0.39 is 0 Å². The van der Waals surface area contributed by atoms with Crippen LogP contribution in [0.5, 0.6) is 5.75 Å². The molecule has 134 valence electrons. The molecule has 0 aliphatic heterocycles. The monoisotopic (exact) mass is 369 g/mol. The molecule has 0 spiro atoms. The van der Waals surface area contributed by atoms with Crippen LogP contribution in [0.4, 0.5) is 0 Å². The van der Waals surface area contributed by atoms with E-state index in [2.05, 4.69) is 15.3 Å². The minimum Gasteiger partial charge on any atom is -0.487 e. The number of carbonyl (C=O) groups excluding carboxylic acids is 1. The van der Waals surface area contributed by atoms with E-state index in [-0.39, 0.29) is 11.3 Å². The van der Waals surface area contributed by atoms with Gasteiger partial charge in [-0.3, -0.25) is 9.78 Å². The van der Waals surface area contributed by atoms with Crippen molar-refractivity contribution in [3.8, 4) is 5.75 Å². The first kappa shape index (κ1) is 16.9. The topological polar surface area (TPSA) is 67.0 Å². The third-order valence-corrected chi connectivity index (χ3v) is 5.13. The van der Waals surface area contributed by atoms with E-state index in [1.165, 1.54) is 0 Å². The molecule has 2 aromatic heterocycles. The first-order chi connectivity index (χ1) is 12.5. The molecule has 1 fully saturated rings. The normalized spacial score (nSPS) is 15.0. The van der Waals surface area contributed by atoms with Crippen LogP contribution in [-0.4, -0.2) is 15.9 Å². The maximum atomic E-state index is 12.1. The lowest BCUT2D eigenvalue weighted by molar-refractivity contribution is -0.125. The first-order valence-electron chi connectivity index (χ1n) is 8.65. The molecule has 0 radical (unpaired) electrons. The molecular weight excluding hydrogens is 350 g/mol. The summed E-state index contributed by atoms with van der Waals surface area (Å²) in [5.41, 5.74) is 2.69. The van der Waals surface area contributed by atoms with Crippen molar-refractivity contribution in [2.24, 2.45) is 5.41 Å². The highest BCUT2D eigenvalue weighted by atomic mass is 35.5. The van der Waals surface area contributed by atoms with Gasteiger partial charge in [-0.2, -0.15) is 0 Å². The Morgan fingerprint density at radius 1 is 1.38 bits per heavy atom. The van der Waals surface area contributed by atoms with Crippen molar-refractivity contribution < 1.29 is 9.53 Å². The van der Waals surface area contributed by atoms with Crippen molar-refractivity contribution in [3.63, 3.8) is 0 Å². The fourth-order valence-electron chi connectivity index (χ4n) is 2.85. The number of pyridine rings is 1. The van der Waals surface area contributed by atoms with Gasteiger partial charge in [0, 0.05) is 46.0 Å². The summed E-state index contributed by atoms with van der Waals surface area (Å²) in [6, 6.07) is 9.59. The van der Waals surface area contributed by atoms with E-state index in [0.29, 0.717) is 23.9 Å². The summed E-state index contributed by atoms with van der Waals surface area (Å²) in [5.74, 6) is 0.737. The average molecular weight is 370 g/mol. The summed E-state index contributed by atoms with van der Waals surface area (Å²) in [6.07, 6.45) is 5.44. The fourth-order valence-corrected chi connectivity index (χ4v) is 3.07. The van der Waals surface area contributed by atoms with Gasteiger partial charge in [0.15, 0.2) is 0 Å². The van der Waals surface area contributed by atoms with Crippen LogP contribution in [0, 0.1) is 5.41 Å². The predicted molar refractivity (Wildman–Crippen MR) is 101 cm³/mol. The van der Waals surface area contributed by atoms with Crippen LogP contribution < -0.4 is 10.1 Å². The molecule has 1 amide bonds. The lowest BCUT2D eigenvalue weighted by atomic mass is 10.1. The van der Waals surface area contributed by atoms with Gasteiger partial charge in [0.1, 0.15) is 12.4 Å². The Kier molecular flexibility index (Phi) is 4.32. The SMILES string of the molecule is CC1(C(=O)NCc2cc3cc(Cl)c(OCc4cccnc4)cc3[nH]2)CC1. The van der Waals surface area contributed by atoms with Gasteiger partial charge in [-0.1, -0.05) is 24.6 Å². The highest BCUT2D eigenvalue weighted by molar-refractivity contribution is 6.32. The highest BCUT2D eigenvalue weighted by Crippen LogP contribution is 2.45. The summed E-state index contributed by atoms with van der Waals surface area (Å²) < 4.78 is 5.83. The smallest absolute Gasteiger partial charge is 0.226 e. The number of ether oxygens (including phenoxy) is 1. The Bertz CT molecular complexity index is 948. The number of carbonyl (C=O) groups is 1. The minimum absolute atomic E-state index is 0.120. The van der Waals surface area contributed by atoms with Crippen molar-refractivity contribution >= 4 is 28.4 Å². The van der Waals surface area contributed by atoms with E-state index in [1.54, 1.807) is 12.4 Å². The fraction of sp³-hybridized carbons (Fsp3) is 0.300. The Labute approximate surface area is 156 Å². The molecule has 0 unspecified atom stereocenters. The van der Waals surface area contributed by atoms with Crippen LogP contribution in [0.2, 0.25) is 5.02 Å². The molecule has 1 aliphatic rings. The third kappa shape index (κ3) is 3.53. The average Bonchev–Trinajstić information content (AvgIpc) is 3.27. The highest BCUT2D eigenvalue weighted by Gasteiger charge is 2.44. The molecule has 0 bridgehead atoms. The molecule has 0 atom stereocenters. The van der Waals surface area contributed by atoms with Crippen LogP contribution in [0.1, 0.15) is 31.0 Å². The van der Waals surface area contributed by atoms with Crippen LogP contribution in [0.15, 0.2) is 42.7 Å². The Balaban J connectivity index is 1.46. The minimum atomic E-state index is -0.164. The summed E-state index contributed by atoms with van der Waals surface area (Å²) in [7, 11) is 0. The molecule has 0 saturated heterocycles. The molecule has 6 heteroatoms. The molecule has 26 heavy (non-hydrogen) atoms. The van der Waals surface area contributed by atoms with Crippen molar-refractivity contribution in [2.45, 2.75) is 32.9 Å². The summed E-state index contributed by atoms with van der Waals surface area (Å²) in [4.78, 5) is 19.5. The van der Waals surface area contributed by atoms with E-state index in [9.17, 15) is 4.79 Å². The molecular formula is C20H20ClN3O2. The van der Waals surface area contributed by atoms with E-state index in [4.69, 9.17) is 16.3 Å². The summed E-state index contributed by atoms with van der Waals surface area (Å²) in [5, 5.41) is 4.55. The molecule has 4 rings (SSSR count). The number of nitrogens with one attached hydrogen (secondary N) is 2. The second-order valence-electron chi connectivity index (χ2n) is 7.06. The largest absolute Gasteiger partial charge is 0.487 e. The van der Waals surface area contributed by atoms with Gasteiger partial charge in [0.05, 0.1) is 11.6 Å². The number of hydrogen-bond acceptors (Lipinski definition) is 3. The number of aromatic amines is 1. The number of benzene rings is 1. The first-order valence-corrected chi connectivity index (χ1v) is 9.02. The van der Waals surface area contributed by atoms with E-state index >= 15 is 0 Å². The van der Waals surface area contributed by atoms with Crippen molar-refractivity contribution in [2.75, 3.05) is 0 Å². The van der Waals surface area contributed by atoms with Crippen LogP contribution >= 0.6 is 11.6 Å². The van der Waals surface area contributed by atoms with Crippen LogP contribution in [0.3, 0.4) is 0 Å². The standard InChI is InChI=1S/C20H20ClN3O2/c1-20(4-5-20)19(25)23-11-15-7-14-8-16(21)18(9-17(14)24-15)26-12-13-3-2-6-22-10-13/h2-3,6-10,24H,4-5,11-12H2,1H3,(H,23,25). The lowest BCUT2D eigenvalue weighted by Gasteiger charge is -2.08. The second kappa shape index (κ2) is 6.65. The quantitative estimate of drug-likeness (QED) is 0.683. The summed E-state index contributed by atoms with van der Waals surface area (Å²) in [6.45, 7) is 2.88. The van der Waals surface area contributed by atoms with Gasteiger partial charge in [-0.05, 0) is 31.0 Å². The molecule has 1 saturated carbocycles. The van der Waals surface area contributed by atoms with Crippen LogP contribution in [0.25, 0.3) is 10.9 Å². The van der Waals surface area contributed by atoms with Crippen molar-refractivity contribution in [1.82, 2.24) is 15.3 Å². The number of amides is 1. The van der Waals surface area contributed by atoms with Gasteiger partial charge < -0.3 is 15.0 Å². The molecule has 5 nitrogen and oxygen atoms in total. The van der Waals surface area contributed by atoms with Crippen molar-refractivity contribution in [3.05, 3.63) is 59.0 Å². The number of aromatic nitrogens is 2. The Morgan fingerprint density at radius 3 is 2.96 bits per heavy atom. The zero-order chi connectivity index (χ0) is 18.1. The molecule has 2 N–H and O–H groups in total. The molecule has 3 aromatic rings. The number of fused-ring (bicyclic) bond motifs is 1. The van der Waals surface area contributed by atoms with Gasteiger partial charge in [0.2, 0.25) is 5.91 Å². The van der Waals surface area contributed by atoms with Gasteiger partial charge in [-0.15, -0.1) is 0 Å². The molecule has 1 aliphatic carbocycles. The maximum absolute atomic E-state index is 12.1. The van der Waals surface area contributed by atoms with Gasteiger partial charge in [-0.25, -0.2) is 0 Å². The molecule has 2 heterocycles. The zero-order valence-corrected chi connectivity index (χ0v) is 15.3. The predicted octanol–water partition coefficient (Wildman–Crippen LogP) is 4.21. The maximum Gasteiger partial charge on any atom is 0.226 e. The van der Waals surface area contributed by atoms with Crippen LogP contribution in [-0.2, 0) is 17.9 Å².